The Balaban J connectivity index is 2.22. The Kier molecular flexibility index (Phi) is 5.83. The lowest BCUT2D eigenvalue weighted by Gasteiger charge is -2.30. The second kappa shape index (κ2) is 7.66. The van der Waals surface area contributed by atoms with E-state index in [4.69, 9.17) is 11.6 Å². The van der Waals surface area contributed by atoms with Gasteiger partial charge in [-0.3, -0.25) is 14.4 Å². The number of rotatable bonds is 5. The van der Waals surface area contributed by atoms with E-state index in [1.54, 1.807) is 23.1 Å². The van der Waals surface area contributed by atoms with E-state index in [9.17, 15) is 14.4 Å². The summed E-state index contributed by atoms with van der Waals surface area (Å²) in [5.41, 5.74) is 0.856. The summed E-state index contributed by atoms with van der Waals surface area (Å²) in [6.07, 6.45) is 1.21. The Morgan fingerprint density at radius 3 is 2.67 bits per heavy atom. The van der Waals surface area contributed by atoms with E-state index in [0.717, 1.165) is 6.42 Å². The number of hydrogen-bond donors (Lipinski definition) is 2. The Morgan fingerprint density at radius 1 is 1.42 bits per heavy atom. The molecule has 2 rings (SSSR count). The molecule has 1 atom stereocenters. The predicted octanol–water partition coefficient (Wildman–Crippen LogP) is 2.43. The van der Waals surface area contributed by atoms with Crippen LogP contribution in [-0.2, 0) is 9.59 Å². The first-order chi connectivity index (χ1) is 11.3. The summed E-state index contributed by atoms with van der Waals surface area (Å²) >= 11 is 6.19. The van der Waals surface area contributed by atoms with Gasteiger partial charge >= 0.3 is 0 Å². The van der Waals surface area contributed by atoms with E-state index in [-0.39, 0.29) is 29.8 Å². The number of benzene rings is 1. The fraction of sp³-hybridized carbons (Fsp3) is 0.471. The van der Waals surface area contributed by atoms with Crippen molar-refractivity contribution >= 4 is 35.0 Å². The Labute approximate surface area is 146 Å². The van der Waals surface area contributed by atoms with Gasteiger partial charge in [-0.2, -0.15) is 0 Å². The molecule has 1 aromatic carbocycles. The van der Waals surface area contributed by atoms with Gasteiger partial charge in [0.15, 0.2) is 0 Å². The van der Waals surface area contributed by atoms with Crippen LogP contribution in [-0.4, -0.2) is 41.2 Å². The summed E-state index contributed by atoms with van der Waals surface area (Å²) in [6, 6.07) is 4.73. The van der Waals surface area contributed by atoms with Crippen LogP contribution in [0.1, 0.15) is 44.0 Å². The molecule has 24 heavy (non-hydrogen) atoms. The summed E-state index contributed by atoms with van der Waals surface area (Å²) in [5, 5.41) is 5.85. The summed E-state index contributed by atoms with van der Waals surface area (Å²) in [7, 11) is 0. The zero-order valence-corrected chi connectivity index (χ0v) is 14.8. The molecule has 0 radical (unpaired) electrons. The van der Waals surface area contributed by atoms with E-state index in [0.29, 0.717) is 29.2 Å². The highest BCUT2D eigenvalue weighted by atomic mass is 35.5. The third kappa shape index (κ3) is 4.47. The summed E-state index contributed by atoms with van der Waals surface area (Å²) in [6.45, 7) is 5.67. The third-order valence-corrected chi connectivity index (χ3v) is 4.23. The lowest BCUT2D eigenvalue weighted by molar-refractivity contribution is -0.119. The molecule has 0 spiro atoms. The van der Waals surface area contributed by atoms with Gasteiger partial charge in [0.25, 0.3) is 5.91 Å². The molecular weight excluding hydrogens is 330 g/mol. The molecular formula is C17H22ClN3O3. The highest BCUT2D eigenvalue weighted by Gasteiger charge is 2.28. The Bertz CT molecular complexity index is 660. The highest BCUT2D eigenvalue weighted by Crippen LogP contribution is 2.24. The number of halogens is 1. The zero-order chi connectivity index (χ0) is 17.9. The Hall–Kier alpha value is -2.08. The van der Waals surface area contributed by atoms with Crippen LogP contribution in [0.2, 0.25) is 5.02 Å². The van der Waals surface area contributed by atoms with Gasteiger partial charge in [-0.05, 0) is 38.5 Å². The van der Waals surface area contributed by atoms with Gasteiger partial charge in [-0.15, -0.1) is 0 Å². The molecule has 1 fully saturated rings. The number of amides is 3. The molecule has 3 amide bonds. The lowest BCUT2D eigenvalue weighted by Crippen LogP contribution is -2.45. The van der Waals surface area contributed by atoms with Crippen LogP contribution in [0.3, 0.4) is 0 Å². The van der Waals surface area contributed by atoms with Crippen LogP contribution in [0.5, 0.6) is 0 Å². The minimum Gasteiger partial charge on any atom is -0.352 e. The molecule has 1 saturated heterocycles. The highest BCUT2D eigenvalue weighted by molar-refractivity contribution is 6.34. The number of anilines is 1. The maximum absolute atomic E-state index is 12.9. The zero-order valence-electron chi connectivity index (χ0n) is 14.1. The van der Waals surface area contributed by atoms with E-state index in [2.05, 4.69) is 10.6 Å². The average Bonchev–Trinajstić information content (AvgIpc) is 2.90. The van der Waals surface area contributed by atoms with E-state index < -0.39 is 0 Å². The standard InChI is InChI=1S/C17H22ClN3O3/c1-10(2)21(9-13-5-7-16(23)20-13)17(24)14-8-12(19-11(3)22)4-6-15(14)18/h4,6,8,10,13H,5,7,9H2,1-3H3,(H,19,22)(H,20,23)/t13-/m0/s1. The van der Waals surface area contributed by atoms with E-state index in [1.807, 2.05) is 13.8 Å². The first-order valence-corrected chi connectivity index (χ1v) is 8.33. The molecule has 1 aliphatic rings. The maximum atomic E-state index is 12.9. The molecule has 1 aliphatic heterocycles. The van der Waals surface area contributed by atoms with Crippen molar-refractivity contribution in [3.05, 3.63) is 28.8 Å². The van der Waals surface area contributed by atoms with E-state index in [1.165, 1.54) is 6.92 Å². The molecule has 130 valence electrons. The largest absolute Gasteiger partial charge is 0.352 e. The van der Waals surface area contributed by atoms with E-state index >= 15 is 0 Å². The average molecular weight is 352 g/mol. The fourth-order valence-electron chi connectivity index (χ4n) is 2.70. The first kappa shape index (κ1) is 18.3. The van der Waals surface area contributed by atoms with Crippen LogP contribution < -0.4 is 10.6 Å². The van der Waals surface area contributed by atoms with Gasteiger partial charge in [0.05, 0.1) is 10.6 Å². The van der Waals surface area contributed by atoms with Gasteiger partial charge < -0.3 is 15.5 Å². The fourth-order valence-corrected chi connectivity index (χ4v) is 2.90. The van der Waals surface area contributed by atoms with Crippen molar-refractivity contribution in [3.8, 4) is 0 Å². The molecule has 1 aromatic rings. The molecule has 0 bridgehead atoms. The van der Waals surface area contributed by atoms with Crippen molar-refractivity contribution < 1.29 is 14.4 Å². The van der Waals surface area contributed by atoms with Crippen molar-refractivity contribution in [2.24, 2.45) is 0 Å². The van der Waals surface area contributed by atoms with Crippen molar-refractivity contribution in [2.45, 2.75) is 45.7 Å². The quantitative estimate of drug-likeness (QED) is 0.855. The molecule has 0 aromatic heterocycles. The summed E-state index contributed by atoms with van der Waals surface area (Å²) < 4.78 is 0. The molecule has 0 saturated carbocycles. The second-order valence-corrected chi connectivity index (χ2v) is 6.64. The number of hydrogen-bond acceptors (Lipinski definition) is 3. The van der Waals surface area contributed by atoms with Crippen LogP contribution >= 0.6 is 11.6 Å². The molecule has 7 heteroatoms. The molecule has 2 N–H and O–H groups in total. The normalized spacial score (nSPS) is 16.9. The third-order valence-electron chi connectivity index (χ3n) is 3.90. The van der Waals surface area contributed by atoms with Gasteiger partial charge in [0.2, 0.25) is 11.8 Å². The second-order valence-electron chi connectivity index (χ2n) is 6.23. The van der Waals surface area contributed by atoms with Crippen molar-refractivity contribution in [2.75, 3.05) is 11.9 Å². The Morgan fingerprint density at radius 2 is 2.12 bits per heavy atom. The SMILES string of the molecule is CC(=O)Nc1ccc(Cl)c(C(=O)N(C[C@@H]2CCC(=O)N2)C(C)C)c1. The van der Waals surface area contributed by atoms with Gasteiger partial charge in [0.1, 0.15) is 0 Å². The molecule has 0 aliphatic carbocycles. The minimum absolute atomic E-state index is 0.0156. The number of carbonyl (C=O) groups excluding carboxylic acids is 3. The molecule has 0 unspecified atom stereocenters. The van der Waals surface area contributed by atoms with Crippen LogP contribution in [0.4, 0.5) is 5.69 Å². The minimum atomic E-state index is -0.219. The number of nitrogens with zero attached hydrogens (tertiary/aromatic N) is 1. The van der Waals surface area contributed by atoms with Crippen molar-refractivity contribution in [1.82, 2.24) is 10.2 Å². The predicted molar refractivity (Wildman–Crippen MR) is 93.1 cm³/mol. The van der Waals surface area contributed by atoms with Crippen molar-refractivity contribution in [1.29, 1.82) is 0 Å². The van der Waals surface area contributed by atoms with Crippen LogP contribution in [0.15, 0.2) is 18.2 Å². The van der Waals surface area contributed by atoms with Gasteiger partial charge in [-0.25, -0.2) is 0 Å². The molecule has 6 nitrogen and oxygen atoms in total. The van der Waals surface area contributed by atoms with Crippen LogP contribution in [0.25, 0.3) is 0 Å². The topological polar surface area (TPSA) is 78.5 Å². The van der Waals surface area contributed by atoms with Gasteiger partial charge in [-0.1, -0.05) is 11.6 Å². The number of nitrogens with one attached hydrogen (secondary N) is 2. The first-order valence-electron chi connectivity index (χ1n) is 7.95. The maximum Gasteiger partial charge on any atom is 0.255 e. The van der Waals surface area contributed by atoms with Gasteiger partial charge in [0, 0.05) is 37.7 Å². The molecule has 1 heterocycles. The smallest absolute Gasteiger partial charge is 0.255 e. The summed E-state index contributed by atoms with van der Waals surface area (Å²) in [4.78, 5) is 37.2. The van der Waals surface area contributed by atoms with Crippen LogP contribution in [0, 0.1) is 0 Å². The van der Waals surface area contributed by atoms with Crippen molar-refractivity contribution in [3.63, 3.8) is 0 Å². The lowest BCUT2D eigenvalue weighted by atomic mass is 10.1. The number of carbonyl (C=O) groups is 3. The summed E-state index contributed by atoms with van der Waals surface area (Å²) in [5.74, 6) is -0.421. The monoisotopic (exact) mass is 351 g/mol.